The third-order valence-corrected chi connectivity index (χ3v) is 4.55. The fraction of sp³-hybridized carbons (Fsp3) is 0.235. The average molecular weight is 344 g/mol. The molecular weight excluding hydrogens is 325 g/mol. The molecule has 3 rings (SSSR count). The van der Waals surface area contributed by atoms with E-state index in [-0.39, 0.29) is 5.82 Å². The number of benzene rings is 2. The molecule has 0 saturated carbocycles. The van der Waals surface area contributed by atoms with Gasteiger partial charge in [0.25, 0.3) is 0 Å². The highest BCUT2D eigenvalue weighted by molar-refractivity contribution is 7.99. The Morgan fingerprint density at radius 3 is 2.67 bits per heavy atom. The largest absolute Gasteiger partial charge is 0.342 e. The van der Waals surface area contributed by atoms with Crippen molar-refractivity contribution in [3.05, 3.63) is 66.0 Å². The van der Waals surface area contributed by atoms with Gasteiger partial charge in [-0.2, -0.15) is 4.68 Å². The maximum Gasteiger partial charge on any atom is 0.214 e. The van der Waals surface area contributed by atoms with E-state index in [2.05, 4.69) is 20.8 Å². The molecule has 0 aliphatic heterocycles. The molecular formula is C17H19FN5S+. The van der Waals surface area contributed by atoms with Crippen LogP contribution in [0.25, 0.3) is 5.69 Å². The van der Waals surface area contributed by atoms with Crippen molar-refractivity contribution in [3.63, 3.8) is 0 Å². The number of halogens is 1. The molecule has 0 aliphatic carbocycles. The number of nitrogens with zero attached hydrogens (tertiary/aromatic N) is 4. The Balaban J connectivity index is 1.42. The van der Waals surface area contributed by atoms with E-state index in [1.807, 2.05) is 42.5 Å². The molecule has 1 aromatic heterocycles. The van der Waals surface area contributed by atoms with Crippen LogP contribution in [0, 0.1) is 5.82 Å². The summed E-state index contributed by atoms with van der Waals surface area (Å²) in [6.45, 7) is 1.60. The Kier molecular flexibility index (Phi) is 5.92. The van der Waals surface area contributed by atoms with Gasteiger partial charge in [0.15, 0.2) is 0 Å². The summed E-state index contributed by atoms with van der Waals surface area (Å²) in [5, 5.41) is 14.8. The Bertz CT molecular complexity index is 762. The molecule has 2 N–H and O–H groups in total. The first kappa shape index (κ1) is 16.6. The molecule has 0 bridgehead atoms. The fourth-order valence-electron chi connectivity index (χ4n) is 2.31. The molecule has 124 valence electrons. The minimum absolute atomic E-state index is 0.134. The highest BCUT2D eigenvalue weighted by atomic mass is 32.2. The summed E-state index contributed by atoms with van der Waals surface area (Å²) < 4.78 is 15.3. The van der Waals surface area contributed by atoms with Crippen molar-refractivity contribution in [1.82, 2.24) is 20.2 Å². The van der Waals surface area contributed by atoms with Gasteiger partial charge in [0.1, 0.15) is 12.4 Å². The predicted octanol–water partition coefficient (Wildman–Crippen LogP) is 2.05. The number of thioether (sulfide) groups is 1. The van der Waals surface area contributed by atoms with Gasteiger partial charge < -0.3 is 5.32 Å². The van der Waals surface area contributed by atoms with Crippen LogP contribution in [0.2, 0.25) is 0 Å². The SMILES string of the molecule is Fc1ccccc1C[NH2+]CCCSc1nnnn1-c1ccccc1. The van der Waals surface area contributed by atoms with Gasteiger partial charge in [-0.3, -0.25) is 0 Å². The van der Waals surface area contributed by atoms with Crippen molar-refractivity contribution in [2.24, 2.45) is 0 Å². The smallest absolute Gasteiger partial charge is 0.214 e. The van der Waals surface area contributed by atoms with E-state index >= 15 is 0 Å². The Hall–Kier alpha value is -2.25. The van der Waals surface area contributed by atoms with Gasteiger partial charge in [0.05, 0.1) is 12.2 Å². The molecule has 0 spiro atoms. The van der Waals surface area contributed by atoms with Gasteiger partial charge in [-0.15, -0.1) is 5.10 Å². The van der Waals surface area contributed by atoms with E-state index in [9.17, 15) is 4.39 Å². The highest BCUT2D eigenvalue weighted by Crippen LogP contribution is 2.18. The van der Waals surface area contributed by atoms with Crippen LogP contribution < -0.4 is 5.32 Å². The molecule has 0 amide bonds. The van der Waals surface area contributed by atoms with Gasteiger partial charge in [-0.25, -0.2) is 4.39 Å². The number of rotatable bonds is 8. The minimum atomic E-state index is -0.134. The van der Waals surface area contributed by atoms with Gasteiger partial charge >= 0.3 is 0 Å². The molecule has 0 saturated heterocycles. The number of hydrogen-bond donors (Lipinski definition) is 1. The summed E-state index contributed by atoms with van der Waals surface area (Å²) in [6, 6.07) is 16.7. The summed E-state index contributed by atoms with van der Waals surface area (Å²) >= 11 is 1.63. The monoisotopic (exact) mass is 344 g/mol. The molecule has 2 aromatic carbocycles. The fourth-order valence-corrected chi connectivity index (χ4v) is 3.16. The number of para-hydroxylation sites is 1. The van der Waals surface area contributed by atoms with E-state index in [4.69, 9.17) is 0 Å². The third-order valence-electron chi connectivity index (χ3n) is 3.55. The summed E-state index contributed by atoms with van der Waals surface area (Å²) in [4.78, 5) is 0. The van der Waals surface area contributed by atoms with Crippen LogP contribution in [0.5, 0.6) is 0 Å². The van der Waals surface area contributed by atoms with Crippen LogP contribution in [0.4, 0.5) is 4.39 Å². The van der Waals surface area contributed by atoms with E-state index < -0.39 is 0 Å². The van der Waals surface area contributed by atoms with Crippen molar-refractivity contribution < 1.29 is 9.71 Å². The molecule has 0 atom stereocenters. The van der Waals surface area contributed by atoms with Crippen LogP contribution in [-0.2, 0) is 6.54 Å². The van der Waals surface area contributed by atoms with Crippen molar-refractivity contribution in [2.45, 2.75) is 18.1 Å². The van der Waals surface area contributed by atoms with E-state index in [1.54, 1.807) is 22.5 Å². The molecule has 5 nitrogen and oxygen atoms in total. The quantitative estimate of drug-likeness (QED) is 0.502. The lowest BCUT2D eigenvalue weighted by Crippen LogP contribution is -2.82. The number of hydrogen-bond acceptors (Lipinski definition) is 4. The lowest BCUT2D eigenvalue weighted by atomic mass is 10.2. The number of quaternary nitrogens is 1. The Morgan fingerprint density at radius 2 is 1.83 bits per heavy atom. The number of aromatic nitrogens is 4. The Morgan fingerprint density at radius 1 is 1.04 bits per heavy atom. The lowest BCUT2D eigenvalue weighted by Gasteiger charge is -2.04. The minimum Gasteiger partial charge on any atom is -0.342 e. The van der Waals surface area contributed by atoms with Crippen molar-refractivity contribution in [1.29, 1.82) is 0 Å². The lowest BCUT2D eigenvalue weighted by molar-refractivity contribution is -0.670. The van der Waals surface area contributed by atoms with Crippen LogP contribution in [-0.4, -0.2) is 32.5 Å². The summed E-state index contributed by atoms with van der Waals surface area (Å²) in [7, 11) is 0. The van der Waals surface area contributed by atoms with E-state index in [0.717, 1.165) is 35.1 Å². The molecule has 0 aliphatic rings. The zero-order valence-corrected chi connectivity index (χ0v) is 14.0. The second-order valence-corrected chi connectivity index (χ2v) is 6.35. The Labute approximate surface area is 144 Å². The summed E-state index contributed by atoms with van der Waals surface area (Å²) in [5.41, 5.74) is 1.70. The van der Waals surface area contributed by atoms with Crippen LogP contribution in [0.1, 0.15) is 12.0 Å². The molecule has 24 heavy (non-hydrogen) atoms. The highest BCUT2D eigenvalue weighted by Gasteiger charge is 2.08. The van der Waals surface area contributed by atoms with Gasteiger partial charge in [-0.1, -0.05) is 48.2 Å². The zero-order valence-electron chi connectivity index (χ0n) is 13.2. The first-order valence-electron chi connectivity index (χ1n) is 7.86. The zero-order chi connectivity index (χ0) is 16.6. The summed E-state index contributed by atoms with van der Waals surface area (Å²) in [6.07, 6.45) is 1.00. The van der Waals surface area contributed by atoms with Crippen molar-refractivity contribution in [3.8, 4) is 5.69 Å². The second kappa shape index (κ2) is 8.56. The van der Waals surface area contributed by atoms with Crippen molar-refractivity contribution in [2.75, 3.05) is 12.3 Å². The molecule has 3 aromatic rings. The molecule has 7 heteroatoms. The van der Waals surface area contributed by atoms with E-state index in [0.29, 0.717) is 6.54 Å². The van der Waals surface area contributed by atoms with Crippen LogP contribution >= 0.6 is 11.8 Å². The first-order chi connectivity index (χ1) is 11.8. The third kappa shape index (κ3) is 4.39. The van der Waals surface area contributed by atoms with Gasteiger partial charge in [-0.05, 0) is 28.6 Å². The van der Waals surface area contributed by atoms with Crippen molar-refractivity contribution >= 4 is 11.8 Å². The van der Waals surface area contributed by atoms with Gasteiger partial charge in [0.2, 0.25) is 5.16 Å². The van der Waals surface area contributed by atoms with E-state index in [1.165, 1.54) is 6.07 Å². The number of nitrogens with two attached hydrogens (primary N) is 1. The molecule has 1 heterocycles. The predicted molar refractivity (Wildman–Crippen MR) is 91.4 cm³/mol. The summed E-state index contributed by atoms with van der Waals surface area (Å²) in [5.74, 6) is 0.784. The standard InChI is InChI=1S/C17H18FN5S/c18-16-10-5-4-7-14(16)13-19-11-6-12-24-17-20-21-22-23(17)15-8-2-1-3-9-15/h1-5,7-10,19H,6,11-13H2/p+1. The molecule has 0 unspecified atom stereocenters. The maximum absolute atomic E-state index is 13.5. The van der Waals surface area contributed by atoms with Crippen LogP contribution in [0.3, 0.4) is 0 Å². The first-order valence-corrected chi connectivity index (χ1v) is 8.85. The number of tetrazole rings is 1. The van der Waals surface area contributed by atoms with Gasteiger partial charge in [0, 0.05) is 17.7 Å². The topological polar surface area (TPSA) is 60.2 Å². The maximum atomic E-state index is 13.5. The molecule has 0 radical (unpaired) electrons. The second-order valence-electron chi connectivity index (χ2n) is 5.28. The molecule has 0 fully saturated rings. The van der Waals surface area contributed by atoms with Crippen LogP contribution in [0.15, 0.2) is 59.8 Å². The average Bonchev–Trinajstić information content (AvgIpc) is 3.09. The normalized spacial score (nSPS) is 10.9.